The summed E-state index contributed by atoms with van der Waals surface area (Å²) in [5.74, 6) is -0.999. The number of fused-ring (bicyclic) bond motifs is 1. The highest BCUT2D eigenvalue weighted by atomic mass is 32.2. The maximum Gasteiger partial charge on any atom is 0.237 e. The first-order valence-electron chi connectivity index (χ1n) is 5.89. The Hall–Kier alpha value is -2.21. The summed E-state index contributed by atoms with van der Waals surface area (Å²) < 4.78 is 0. The zero-order valence-corrected chi connectivity index (χ0v) is 11.6. The molecular weight excluding hydrogens is 276 g/mol. The molecule has 20 heavy (non-hydrogen) atoms. The Morgan fingerprint density at radius 3 is 2.70 bits per heavy atom. The first-order chi connectivity index (χ1) is 9.58. The number of imide groups is 1. The topological polar surface area (TPSA) is 76.1 Å². The van der Waals surface area contributed by atoms with E-state index in [0.29, 0.717) is 5.56 Å². The number of para-hydroxylation sites is 1. The standard InChI is InChI=1S/C14H12N2O3S/c1-9(17)16-13(18)8-20-14(19)11-6-7-15-12-5-3-2-4-10(11)12/h2-7H,8H2,1H3,(H,16,17,18). The molecule has 0 aliphatic rings. The number of rotatable bonds is 3. The van der Waals surface area contributed by atoms with Gasteiger partial charge in [0.05, 0.1) is 11.3 Å². The molecule has 0 fully saturated rings. The van der Waals surface area contributed by atoms with Gasteiger partial charge >= 0.3 is 0 Å². The molecule has 6 heteroatoms. The fourth-order valence-corrected chi connectivity index (χ4v) is 2.38. The van der Waals surface area contributed by atoms with Gasteiger partial charge in [-0.3, -0.25) is 24.7 Å². The molecule has 2 amide bonds. The molecule has 102 valence electrons. The number of aromatic nitrogens is 1. The van der Waals surface area contributed by atoms with E-state index >= 15 is 0 Å². The van der Waals surface area contributed by atoms with Gasteiger partial charge in [-0.15, -0.1) is 0 Å². The molecule has 2 aromatic rings. The maximum absolute atomic E-state index is 12.1. The smallest absolute Gasteiger partial charge is 0.237 e. The average molecular weight is 288 g/mol. The highest BCUT2D eigenvalue weighted by molar-refractivity contribution is 8.14. The van der Waals surface area contributed by atoms with Crippen molar-refractivity contribution >= 4 is 39.6 Å². The first kappa shape index (κ1) is 14.2. The molecule has 1 aromatic heterocycles. The van der Waals surface area contributed by atoms with Gasteiger partial charge in [-0.25, -0.2) is 0 Å². The van der Waals surface area contributed by atoms with Crippen molar-refractivity contribution in [1.82, 2.24) is 10.3 Å². The predicted molar refractivity (Wildman–Crippen MR) is 77.4 cm³/mol. The number of amides is 2. The Morgan fingerprint density at radius 1 is 1.20 bits per heavy atom. The summed E-state index contributed by atoms with van der Waals surface area (Å²) in [6, 6.07) is 8.93. The minimum absolute atomic E-state index is 0.0882. The van der Waals surface area contributed by atoms with E-state index in [-0.39, 0.29) is 10.9 Å². The maximum atomic E-state index is 12.1. The zero-order chi connectivity index (χ0) is 14.5. The van der Waals surface area contributed by atoms with E-state index in [9.17, 15) is 14.4 Å². The summed E-state index contributed by atoms with van der Waals surface area (Å²) in [5, 5.41) is 2.65. The Balaban J connectivity index is 2.12. The van der Waals surface area contributed by atoms with Gasteiger partial charge < -0.3 is 0 Å². The number of nitrogens with one attached hydrogen (secondary N) is 1. The van der Waals surface area contributed by atoms with Crippen molar-refractivity contribution in [3.8, 4) is 0 Å². The van der Waals surface area contributed by atoms with Gasteiger partial charge in [-0.2, -0.15) is 0 Å². The largest absolute Gasteiger partial charge is 0.296 e. The van der Waals surface area contributed by atoms with Gasteiger partial charge in [0, 0.05) is 24.1 Å². The number of nitrogens with zero attached hydrogens (tertiary/aromatic N) is 1. The van der Waals surface area contributed by atoms with Crippen LogP contribution in [0.25, 0.3) is 10.9 Å². The number of benzene rings is 1. The van der Waals surface area contributed by atoms with E-state index < -0.39 is 11.8 Å². The van der Waals surface area contributed by atoms with Crippen molar-refractivity contribution in [2.45, 2.75) is 6.92 Å². The van der Waals surface area contributed by atoms with Gasteiger partial charge in [0.2, 0.25) is 16.9 Å². The summed E-state index contributed by atoms with van der Waals surface area (Å²) in [6.45, 7) is 1.25. The minimum Gasteiger partial charge on any atom is -0.296 e. The molecule has 1 N–H and O–H groups in total. The molecule has 0 aliphatic heterocycles. The van der Waals surface area contributed by atoms with Gasteiger partial charge in [0.15, 0.2) is 0 Å². The quantitative estimate of drug-likeness (QED) is 0.931. The molecule has 0 atom stereocenters. The summed E-state index contributed by atoms with van der Waals surface area (Å²) in [4.78, 5) is 38.3. The van der Waals surface area contributed by atoms with Gasteiger partial charge in [0.1, 0.15) is 0 Å². The van der Waals surface area contributed by atoms with Gasteiger partial charge in [0.25, 0.3) is 0 Å². The number of carbonyl (C=O) groups excluding carboxylic acids is 3. The van der Waals surface area contributed by atoms with Crippen LogP contribution in [0.5, 0.6) is 0 Å². The van der Waals surface area contributed by atoms with Crippen molar-refractivity contribution in [3.63, 3.8) is 0 Å². The van der Waals surface area contributed by atoms with E-state index in [1.807, 2.05) is 24.3 Å². The summed E-state index contributed by atoms with van der Waals surface area (Å²) in [6.07, 6.45) is 1.56. The van der Waals surface area contributed by atoms with E-state index in [1.165, 1.54) is 6.92 Å². The lowest BCUT2D eigenvalue weighted by Crippen LogP contribution is -2.29. The normalized spacial score (nSPS) is 10.2. The first-order valence-corrected chi connectivity index (χ1v) is 6.88. The summed E-state index contributed by atoms with van der Waals surface area (Å²) in [7, 11) is 0. The van der Waals surface area contributed by atoms with Crippen LogP contribution in [0.3, 0.4) is 0 Å². The number of pyridine rings is 1. The molecule has 0 saturated heterocycles. The third-order valence-electron chi connectivity index (χ3n) is 2.52. The number of carbonyl (C=O) groups is 3. The second-order valence-corrected chi connectivity index (χ2v) is 5.00. The van der Waals surface area contributed by atoms with Crippen LogP contribution in [0.15, 0.2) is 36.5 Å². The predicted octanol–water partition coefficient (Wildman–Crippen LogP) is 1.77. The van der Waals surface area contributed by atoms with E-state index in [4.69, 9.17) is 0 Å². The van der Waals surface area contributed by atoms with Crippen LogP contribution >= 0.6 is 11.8 Å². The second-order valence-electron chi connectivity index (χ2n) is 4.06. The second kappa shape index (κ2) is 6.29. The van der Waals surface area contributed by atoms with Crippen molar-refractivity contribution in [1.29, 1.82) is 0 Å². The molecule has 1 aromatic carbocycles. The molecule has 0 saturated carbocycles. The Bertz CT molecular complexity index is 680. The van der Waals surface area contributed by atoms with E-state index in [2.05, 4.69) is 10.3 Å². The fraction of sp³-hybridized carbons (Fsp3) is 0.143. The monoisotopic (exact) mass is 288 g/mol. The number of hydrogen-bond acceptors (Lipinski definition) is 5. The highest BCUT2D eigenvalue weighted by Gasteiger charge is 2.13. The van der Waals surface area contributed by atoms with Crippen molar-refractivity contribution in [2.75, 3.05) is 5.75 Å². The molecule has 1 heterocycles. The Morgan fingerprint density at radius 2 is 1.95 bits per heavy atom. The zero-order valence-electron chi connectivity index (χ0n) is 10.8. The van der Waals surface area contributed by atoms with Crippen molar-refractivity contribution in [2.24, 2.45) is 0 Å². The van der Waals surface area contributed by atoms with Crippen LogP contribution < -0.4 is 5.32 Å². The highest BCUT2D eigenvalue weighted by Crippen LogP contribution is 2.21. The number of hydrogen-bond donors (Lipinski definition) is 1. The average Bonchev–Trinajstić information content (AvgIpc) is 2.43. The lowest BCUT2D eigenvalue weighted by atomic mass is 10.1. The molecule has 0 bridgehead atoms. The van der Waals surface area contributed by atoms with Crippen LogP contribution in [0, 0.1) is 0 Å². The lowest BCUT2D eigenvalue weighted by molar-refractivity contribution is -0.127. The van der Waals surface area contributed by atoms with Gasteiger partial charge in [-0.05, 0) is 12.1 Å². The molecule has 0 unspecified atom stereocenters. The van der Waals surface area contributed by atoms with Crippen molar-refractivity contribution < 1.29 is 14.4 Å². The van der Waals surface area contributed by atoms with Crippen LogP contribution in [-0.2, 0) is 9.59 Å². The summed E-state index contributed by atoms with van der Waals surface area (Å²) >= 11 is 0.863. The van der Waals surface area contributed by atoms with E-state index in [1.54, 1.807) is 12.3 Å². The molecule has 2 rings (SSSR count). The van der Waals surface area contributed by atoms with Crippen LogP contribution in [0.4, 0.5) is 0 Å². The molecule has 0 spiro atoms. The van der Waals surface area contributed by atoms with E-state index in [0.717, 1.165) is 22.7 Å². The summed E-state index contributed by atoms with van der Waals surface area (Å²) in [5.41, 5.74) is 1.24. The molecule has 0 aliphatic carbocycles. The van der Waals surface area contributed by atoms with Gasteiger partial charge in [-0.1, -0.05) is 30.0 Å². The fourth-order valence-electron chi connectivity index (χ4n) is 1.72. The molecular formula is C14H12N2O3S. The lowest BCUT2D eigenvalue weighted by Gasteiger charge is -2.04. The van der Waals surface area contributed by atoms with Crippen molar-refractivity contribution in [3.05, 3.63) is 42.1 Å². The molecule has 5 nitrogen and oxygen atoms in total. The van der Waals surface area contributed by atoms with Crippen LogP contribution in [-0.4, -0.2) is 27.7 Å². The minimum atomic E-state index is -0.478. The SMILES string of the molecule is CC(=O)NC(=O)CSC(=O)c1ccnc2ccccc12. The Labute approximate surface area is 119 Å². The third-order valence-corrected chi connectivity index (χ3v) is 3.41. The third kappa shape index (κ3) is 3.42. The Kier molecular flexibility index (Phi) is 4.47. The molecule has 0 radical (unpaired) electrons. The van der Waals surface area contributed by atoms with Crippen LogP contribution in [0.2, 0.25) is 0 Å². The van der Waals surface area contributed by atoms with Crippen LogP contribution in [0.1, 0.15) is 17.3 Å². The number of thioether (sulfide) groups is 1.